The van der Waals surface area contributed by atoms with Crippen molar-refractivity contribution < 1.29 is 14.3 Å². The number of methoxy groups -OCH3 is 1. The minimum atomic E-state index is -0.242. The predicted octanol–water partition coefficient (Wildman–Crippen LogP) is -0.151. The van der Waals surface area contributed by atoms with E-state index in [0.29, 0.717) is 30.1 Å². The van der Waals surface area contributed by atoms with Crippen LogP contribution in [0.5, 0.6) is 5.75 Å². The number of hydrogen-bond acceptors (Lipinski definition) is 4. The maximum absolute atomic E-state index is 12.3. The summed E-state index contributed by atoms with van der Waals surface area (Å²) in [5.74, 6) is -0.0417. The average Bonchev–Trinajstić information content (AvgIpc) is 2.37. The Morgan fingerprint density at radius 2 is 2.28 bits per heavy atom. The van der Waals surface area contributed by atoms with Gasteiger partial charge in [0.25, 0.3) is 5.91 Å². The van der Waals surface area contributed by atoms with E-state index in [4.69, 9.17) is 10.5 Å². The molecule has 1 heterocycles. The number of ether oxygens (including phenoxy) is 1. The number of nitrogen functional groups attached to an aromatic ring is 1. The molecule has 3 N–H and O–H groups in total. The highest BCUT2D eigenvalue weighted by Crippen LogP contribution is 2.27. The Morgan fingerprint density at radius 1 is 1.50 bits per heavy atom. The third-order valence-electron chi connectivity index (χ3n) is 2.81. The van der Waals surface area contributed by atoms with Gasteiger partial charge in [-0.15, -0.1) is 0 Å². The van der Waals surface area contributed by atoms with Crippen molar-refractivity contribution in [1.82, 2.24) is 10.2 Å². The Hall–Kier alpha value is -2.24. The van der Waals surface area contributed by atoms with E-state index in [1.54, 1.807) is 18.2 Å². The minimum absolute atomic E-state index is 0.0663. The van der Waals surface area contributed by atoms with Crippen molar-refractivity contribution in [3.8, 4) is 5.75 Å². The van der Waals surface area contributed by atoms with E-state index in [0.717, 1.165) is 0 Å². The molecule has 18 heavy (non-hydrogen) atoms. The molecule has 1 aromatic rings. The fourth-order valence-corrected chi connectivity index (χ4v) is 1.93. The van der Waals surface area contributed by atoms with Crippen molar-refractivity contribution in [3.63, 3.8) is 0 Å². The standard InChI is InChI=1S/C12H15N3O3/c1-18-11-8(3-2-4-9(11)13)12(17)15-6-5-14-10(16)7-15/h2-4H,5-7,13H2,1H3,(H,14,16). The van der Waals surface area contributed by atoms with Crippen molar-refractivity contribution in [1.29, 1.82) is 0 Å². The molecule has 1 aromatic carbocycles. The van der Waals surface area contributed by atoms with Gasteiger partial charge in [-0.25, -0.2) is 0 Å². The van der Waals surface area contributed by atoms with Gasteiger partial charge in [0, 0.05) is 13.1 Å². The number of rotatable bonds is 2. The van der Waals surface area contributed by atoms with Gasteiger partial charge in [0.15, 0.2) is 5.75 Å². The molecule has 0 radical (unpaired) electrons. The van der Waals surface area contributed by atoms with Gasteiger partial charge < -0.3 is 20.7 Å². The molecule has 1 fully saturated rings. The number of piperazine rings is 1. The molecule has 96 valence electrons. The molecule has 6 nitrogen and oxygen atoms in total. The monoisotopic (exact) mass is 249 g/mol. The number of para-hydroxylation sites is 1. The molecule has 0 unspecified atom stereocenters. The van der Waals surface area contributed by atoms with E-state index in [1.807, 2.05) is 0 Å². The van der Waals surface area contributed by atoms with Crippen molar-refractivity contribution in [2.45, 2.75) is 0 Å². The summed E-state index contributed by atoms with van der Waals surface area (Å²) < 4.78 is 5.14. The number of amides is 2. The SMILES string of the molecule is COc1c(N)cccc1C(=O)N1CCNC(=O)C1. The Bertz CT molecular complexity index is 487. The first-order chi connectivity index (χ1) is 8.63. The molecule has 0 aromatic heterocycles. The summed E-state index contributed by atoms with van der Waals surface area (Å²) in [6, 6.07) is 5.00. The van der Waals surface area contributed by atoms with Crippen LogP contribution in [0, 0.1) is 0 Å². The van der Waals surface area contributed by atoms with E-state index in [9.17, 15) is 9.59 Å². The smallest absolute Gasteiger partial charge is 0.258 e. The number of nitrogens with zero attached hydrogens (tertiary/aromatic N) is 1. The first-order valence-corrected chi connectivity index (χ1v) is 5.62. The Morgan fingerprint density at radius 3 is 2.94 bits per heavy atom. The third kappa shape index (κ3) is 2.22. The van der Waals surface area contributed by atoms with Crippen molar-refractivity contribution in [2.75, 3.05) is 32.5 Å². The Kier molecular flexibility index (Phi) is 3.36. The second-order valence-electron chi connectivity index (χ2n) is 4.00. The van der Waals surface area contributed by atoms with Gasteiger partial charge in [-0.1, -0.05) is 6.07 Å². The molecule has 0 saturated carbocycles. The van der Waals surface area contributed by atoms with Crippen LogP contribution >= 0.6 is 0 Å². The molecule has 0 bridgehead atoms. The lowest BCUT2D eigenvalue weighted by Gasteiger charge is -2.27. The average molecular weight is 249 g/mol. The molecule has 0 spiro atoms. The zero-order chi connectivity index (χ0) is 13.1. The fourth-order valence-electron chi connectivity index (χ4n) is 1.93. The number of nitrogens with one attached hydrogen (secondary N) is 1. The zero-order valence-electron chi connectivity index (χ0n) is 10.1. The lowest BCUT2D eigenvalue weighted by molar-refractivity contribution is -0.123. The molecule has 2 rings (SSSR count). The van der Waals surface area contributed by atoms with E-state index in [2.05, 4.69) is 5.32 Å². The molecule has 1 aliphatic heterocycles. The fraction of sp³-hybridized carbons (Fsp3) is 0.333. The topological polar surface area (TPSA) is 84.7 Å². The number of benzene rings is 1. The molecule has 2 amide bonds. The molecular formula is C12H15N3O3. The lowest BCUT2D eigenvalue weighted by atomic mass is 10.1. The van der Waals surface area contributed by atoms with Gasteiger partial charge >= 0.3 is 0 Å². The van der Waals surface area contributed by atoms with Crippen molar-refractivity contribution >= 4 is 17.5 Å². The van der Waals surface area contributed by atoms with Crippen LogP contribution in [-0.4, -0.2) is 43.5 Å². The first kappa shape index (κ1) is 12.2. The number of hydrogen-bond donors (Lipinski definition) is 2. The van der Waals surface area contributed by atoms with Crippen LogP contribution < -0.4 is 15.8 Å². The van der Waals surface area contributed by atoms with Gasteiger partial charge in [-0.05, 0) is 12.1 Å². The Labute approximate surface area is 105 Å². The van der Waals surface area contributed by atoms with Gasteiger partial charge in [-0.2, -0.15) is 0 Å². The van der Waals surface area contributed by atoms with Crippen LogP contribution in [0.4, 0.5) is 5.69 Å². The normalized spacial score (nSPS) is 15.2. The highest BCUT2D eigenvalue weighted by Gasteiger charge is 2.25. The maximum atomic E-state index is 12.3. The number of nitrogens with two attached hydrogens (primary N) is 1. The predicted molar refractivity (Wildman–Crippen MR) is 66.3 cm³/mol. The summed E-state index contributed by atoms with van der Waals surface area (Å²) in [6.07, 6.45) is 0. The summed E-state index contributed by atoms with van der Waals surface area (Å²) in [6.45, 7) is 1.02. The van der Waals surface area contributed by atoms with Gasteiger partial charge in [0.05, 0.1) is 24.9 Å². The van der Waals surface area contributed by atoms with Crippen LogP contribution in [-0.2, 0) is 4.79 Å². The van der Waals surface area contributed by atoms with Gasteiger partial charge in [-0.3, -0.25) is 9.59 Å². The lowest BCUT2D eigenvalue weighted by Crippen LogP contribution is -2.50. The summed E-state index contributed by atoms with van der Waals surface area (Å²) in [5, 5.41) is 2.67. The van der Waals surface area contributed by atoms with Crippen LogP contribution in [0.15, 0.2) is 18.2 Å². The third-order valence-corrected chi connectivity index (χ3v) is 2.81. The highest BCUT2D eigenvalue weighted by molar-refractivity contribution is 6.00. The largest absolute Gasteiger partial charge is 0.494 e. The quantitative estimate of drug-likeness (QED) is 0.714. The van der Waals surface area contributed by atoms with E-state index in [-0.39, 0.29) is 18.4 Å². The van der Waals surface area contributed by atoms with E-state index < -0.39 is 0 Å². The molecule has 0 atom stereocenters. The second kappa shape index (κ2) is 4.95. The first-order valence-electron chi connectivity index (χ1n) is 5.62. The molecule has 1 saturated heterocycles. The van der Waals surface area contributed by atoms with Gasteiger partial charge in [0.1, 0.15) is 0 Å². The molecule has 1 aliphatic rings. The van der Waals surface area contributed by atoms with Crippen molar-refractivity contribution in [3.05, 3.63) is 23.8 Å². The second-order valence-corrected chi connectivity index (χ2v) is 4.00. The van der Waals surface area contributed by atoms with E-state index in [1.165, 1.54) is 12.0 Å². The summed E-state index contributed by atoms with van der Waals surface area (Å²) >= 11 is 0. The highest BCUT2D eigenvalue weighted by atomic mass is 16.5. The van der Waals surface area contributed by atoms with E-state index >= 15 is 0 Å². The summed E-state index contributed by atoms with van der Waals surface area (Å²) in [7, 11) is 1.46. The molecular weight excluding hydrogens is 234 g/mol. The van der Waals surface area contributed by atoms with Crippen LogP contribution in [0.25, 0.3) is 0 Å². The maximum Gasteiger partial charge on any atom is 0.258 e. The molecule has 6 heteroatoms. The minimum Gasteiger partial charge on any atom is -0.494 e. The number of carbonyl (C=O) groups excluding carboxylic acids is 2. The van der Waals surface area contributed by atoms with Crippen molar-refractivity contribution in [2.24, 2.45) is 0 Å². The molecule has 0 aliphatic carbocycles. The Balaban J connectivity index is 2.28. The summed E-state index contributed by atoms with van der Waals surface area (Å²) in [4.78, 5) is 25.0. The number of carbonyl (C=O) groups is 2. The van der Waals surface area contributed by atoms with Crippen LogP contribution in [0.2, 0.25) is 0 Å². The summed E-state index contributed by atoms with van der Waals surface area (Å²) in [5.41, 5.74) is 6.54. The van der Waals surface area contributed by atoms with Gasteiger partial charge in [0.2, 0.25) is 5.91 Å². The van der Waals surface area contributed by atoms with Crippen LogP contribution in [0.1, 0.15) is 10.4 Å². The number of anilines is 1. The van der Waals surface area contributed by atoms with Crippen LogP contribution in [0.3, 0.4) is 0 Å². The zero-order valence-corrected chi connectivity index (χ0v) is 10.1.